The SMILES string of the molecule is CCNc1nc(-c2ccc(C)nc2)nc(CC)c1Br. The van der Waals surface area contributed by atoms with Crippen LogP contribution in [-0.2, 0) is 6.42 Å². The zero-order valence-corrected chi connectivity index (χ0v) is 13.0. The molecule has 5 heteroatoms. The minimum absolute atomic E-state index is 0.712. The Kier molecular flexibility index (Phi) is 4.47. The maximum atomic E-state index is 4.60. The van der Waals surface area contributed by atoms with E-state index < -0.39 is 0 Å². The fraction of sp³-hybridized carbons (Fsp3) is 0.357. The second kappa shape index (κ2) is 6.10. The van der Waals surface area contributed by atoms with Crippen molar-refractivity contribution in [2.24, 2.45) is 0 Å². The van der Waals surface area contributed by atoms with Crippen LogP contribution >= 0.6 is 15.9 Å². The number of nitrogens with zero attached hydrogens (tertiary/aromatic N) is 3. The van der Waals surface area contributed by atoms with Crippen molar-refractivity contribution < 1.29 is 0 Å². The summed E-state index contributed by atoms with van der Waals surface area (Å²) in [7, 11) is 0. The van der Waals surface area contributed by atoms with E-state index in [9.17, 15) is 0 Å². The average Bonchev–Trinajstić information content (AvgIpc) is 2.42. The van der Waals surface area contributed by atoms with Crippen LogP contribution in [0, 0.1) is 6.92 Å². The molecule has 0 radical (unpaired) electrons. The van der Waals surface area contributed by atoms with Gasteiger partial charge >= 0.3 is 0 Å². The molecule has 0 aliphatic carbocycles. The Morgan fingerprint density at radius 3 is 2.58 bits per heavy atom. The Morgan fingerprint density at radius 1 is 1.21 bits per heavy atom. The summed E-state index contributed by atoms with van der Waals surface area (Å²) in [4.78, 5) is 13.5. The number of hydrogen-bond donors (Lipinski definition) is 1. The van der Waals surface area contributed by atoms with Crippen molar-refractivity contribution in [3.8, 4) is 11.4 Å². The number of pyridine rings is 1. The van der Waals surface area contributed by atoms with E-state index in [1.54, 1.807) is 0 Å². The normalized spacial score (nSPS) is 10.5. The van der Waals surface area contributed by atoms with Crippen LogP contribution in [0.15, 0.2) is 22.8 Å². The second-order valence-corrected chi connectivity index (χ2v) is 5.02. The Morgan fingerprint density at radius 2 is 2.00 bits per heavy atom. The van der Waals surface area contributed by atoms with Crippen molar-refractivity contribution in [3.63, 3.8) is 0 Å². The third-order valence-corrected chi connectivity index (χ3v) is 3.60. The second-order valence-electron chi connectivity index (χ2n) is 4.23. The monoisotopic (exact) mass is 320 g/mol. The average molecular weight is 321 g/mol. The summed E-state index contributed by atoms with van der Waals surface area (Å²) in [6.07, 6.45) is 2.67. The third-order valence-electron chi connectivity index (χ3n) is 2.77. The van der Waals surface area contributed by atoms with E-state index in [1.807, 2.05) is 32.2 Å². The van der Waals surface area contributed by atoms with Gasteiger partial charge in [0.2, 0.25) is 0 Å². The smallest absolute Gasteiger partial charge is 0.163 e. The van der Waals surface area contributed by atoms with Crippen LogP contribution in [0.3, 0.4) is 0 Å². The van der Waals surface area contributed by atoms with Crippen molar-refractivity contribution in [2.75, 3.05) is 11.9 Å². The van der Waals surface area contributed by atoms with Gasteiger partial charge in [0.15, 0.2) is 5.82 Å². The minimum atomic E-state index is 0.712. The molecule has 4 nitrogen and oxygen atoms in total. The number of hydrogen-bond acceptors (Lipinski definition) is 4. The maximum absolute atomic E-state index is 4.60. The topological polar surface area (TPSA) is 50.7 Å². The molecule has 0 aliphatic heterocycles. The number of nitrogens with one attached hydrogen (secondary N) is 1. The molecule has 0 fully saturated rings. The summed E-state index contributed by atoms with van der Waals surface area (Å²) in [6.45, 7) is 6.92. The van der Waals surface area contributed by atoms with E-state index in [4.69, 9.17) is 0 Å². The number of aromatic nitrogens is 3. The van der Waals surface area contributed by atoms with Crippen LogP contribution in [0.5, 0.6) is 0 Å². The first-order chi connectivity index (χ1) is 9.15. The van der Waals surface area contributed by atoms with Gasteiger partial charge in [-0.3, -0.25) is 4.98 Å². The third kappa shape index (κ3) is 3.10. The lowest BCUT2D eigenvalue weighted by Gasteiger charge is -2.11. The molecule has 1 N–H and O–H groups in total. The van der Waals surface area contributed by atoms with Gasteiger partial charge in [0.25, 0.3) is 0 Å². The highest BCUT2D eigenvalue weighted by Gasteiger charge is 2.12. The van der Waals surface area contributed by atoms with Crippen LogP contribution in [-0.4, -0.2) is 21.5 Å². The Bertz CT molecular complexity index is 566. The van der Waals surface area contributed by atoms with Crippen molar-refractivity contribution in [1.82, 2.24) is 15.0 Å². The van der Waals surface area contributed by atoms with E-state index in [2.05, 4.69) is 43.1 Å². The van der Waals surface area contributed by atoms with Crippen molar-refractivity contribution >= 4 is 21.7 Å². The van der Waals surface area contributed by atoms with Crippen LogP contribution in [0.4, 0.5) is 5.82 Å². The molecule has 2 aromatic rings. The summed E-state index contributed by atoms with van der Waals surface area (Å²) in [5.74, 6) is 1.55. The molecule has 0 aliphatic rings. The van der Waals surface area contributed by atoms with Crippen LogP contribution in [0.25, 0.3) is 11.4 Å². The standard InChI is InChI=1S/C14H17BrN4/c1-4-11-12(15)14(16-5-2)19-13(18-11)10-7-6-9(3)17-8-10/h6-8H,4-5H2,1-3H3,(H,16,18,19). The lowest BCUT2D eigenvalue weighted by Crippen LogP contribution is -2.06. The van der Waals surface area contributed by atoms with E-state index in [0.29, 0.717) is 5.82 Å². The highest BCUT2D eigenvalue weighted by atomic mass is 79.9. The summed E-state index contributed by atoms with van der Waals surface area (Å²) < 4.78 is 0.945. The molecule has 0 spiro atoms. The van der Waals surface area contributed by atoms with Gasteiger partial charge in [-0.1, -0.05) is 6.92 Å². The van der Waals surface area contributed by atoms with Gasteiger partial charge in [-0.05, 0) is 48.3 Å². The first kappa shape index (κ1) is 13.9. The Hall–Kier alpha value is -1.49. The van der Waals surface area contributed by atoms with E-state index >= 15 is 0 Å². The molecule has 0 atom stereocenters. The first-order valence-corrected chi connectivity index (χ1v) is 7.18. The molecule has 100 valence electrons. The van der Waals surface area contributed by atoms with Gasteiger partial charge < -0.3 is 5.32 Å². The number of aryl methyl sites for hydroxylation is 2. The molecule has 0 amide bonds. The quantitative estimate of drug-likeness (QED) is 0.935. The summed E-state index contributed by atoms with van der Waals surface area (Å²) in [5, 5.41) is 3.25. The lowest BCUT2D eigenvalue weighted by molar-refractivity contribution is 0.982. The van der Waals surface area contributed by atoms with E-state index in [0.717, 1.165) is 40.2 Å². The van der Waals surface area contributed by atoms with Gasteiger partial charge in [0.05, 0.1) is 10.2 Å². The predicted molar refractivity (Wildman–Crippen MR) is 81.2 cm³/mol. The van der Waals surface area contributed by atoms with Gasteiger partial charge in [-0.25, -0.2) is 9.97 Å². The Balaban J connectivity index is 2.51. The maximum Gasteiger partial charge on any atom is 0.163 e. The molecule has 19 heavy (non-hydrogen) atoms. The van der Waals surface area contributed by atoms with Crippen molar-refractivity contribution in [3.05, 3.63) is 34.2 Å². The van der Waals surface area contributed by atoms with Crippen molar-refractivity contribution in [1.29, 1.82) is 0 Å². The van der Waals surface area contributed by atoms with Crippen LogP contribution < -0.4 is 5.32 Å². The minimum Gasteiger partial charge on any atom is -0.369 e. The van der Waals surface area contributed by atoms with Gasteiger partial charge in [0.1, 0.15) is 5.82 Å². The molecule has 0 unspecified atom stereocenters. The van der Waals surface area contributed by atoms with Gasteiger partial charge in [-0.2, -0.15) is 0 Å². The molecular formula is C14H17BrN4. The Labute approximate surface area is 121 Å². The van der Waals surface area contributed by atoms with Crippen molar-refractivity contribution in [2.45, 2.75) is 27.2 Å². The predicted octanol–water partition coefficient (Wildman–Crippen LogP) is 3.60. The van der Waals surface area contributed by atoms with E-state index in [-0.39, 0.29) is 0 Å². The molecular weight excluding hydrogens is 304 g/mol. The molecule has 2 rings (SSSR count). The fourth-order valence-corrected chi connectivity index (χ4v) is 2.34. The van der Waals surface area contributed by atoms with Gasteiger partial charge in [0, 0.05) is 24.0 Å². The molecule has 0 aromatic carbocycles. The highest BCUT2D eigenvalue weighted by Crippen LogP contribution is 2.27. The van der Waals surface area contributed by atoms with E-state index in [1.165, 1.54) is 0 Å². The molecule has 0 bridgehead atoms. The number of anilines is 1. The van der Waals surface area contributed by atoms with Crippen LogP contribution in [0.1, 0.15) is 25.2 Å². The zero-order valence-electron chi connectivity index (χ0n) is 11.4. The largest absolute Gasteiger partial charge is 0.369 e. The van der Waals surface area contributed by atoms with Gasteiger partial charge in [-0.15, -0.1) is 0 Å². The molecule has 2 heterocycles. The number of rotatable bonds is 4. The molecule has 0 saturated heterocycles. The highest BCUT2D eigenvalue weighted by molar-refractivity contribution is 9.10. The molecule has 0 saturated carbocycles. The first-order valence-electron chi connectivity index (χ1n) is 6.39. The fourth-order valence-electron chi connectivity index (χ4n) is 1.74. The summed E-state index contributed by atoms with van der Waals surface area (Å²) in [6, 6.07) is 3.97. The summed E-state index contributed by atoms with van der Waals surface area (Å²) >= 11 is 3.56. The summed E-state index contributed by atoms with van der Waals surface area (Å²) in [5.41, 5.74) is 2.93. The van der Waals surface area contributed by atoms with Crippen LogP contribution in [0.2, 0.25) is 0 Å². The zero-order chi connectivity index (χ0) is 13.8. The molecule has 2 aromatic heterocycles. The number of halogens is 1. The lowest BCUT2D eigenvalue weighted by atomic mass is 10.2.